The number of amides is 2. The van der Waals surface area contributed by atoms with Crippen LogP contribution in [0.15, 0.2) is 47.1 Å². The lowest BCUT2D eigenvalue weighted by Gasteiger charge is -2.29. The van der Waals surface area contributed by atoms with Crippen LogP contribution in [0.25, 0.3) is 0 Å². The predicted molar refractivity (Wildman–Crippen MR) is 102 cm³/mol. The molecule has 0 atom stereocenters. The first kappa shape index (κ1) is 20.1. The Kier molecular flexibility index (Phi) is 6.12. The number of furan rings is 1. The smallest absolute Gasteiger partial charge is 0.291 e. The van der Waals surface area contributed by atoms with E-state index in [1.165, 1.54) is 10.6 Å². The molecule has 1 aromatic heterocycles. The molecule has 2 aromatic rings. The molecular weight excluding hydrogens is 384 g/mol. The predicted octanol–water partition coefficient (Wildman–Crippen LogP) is 1.06. The number of nitrogens with one attached hydrogen (secondary N) is 2. The first-order valence-corrected chi connectivity index (χ1v) is 10.3. The summed E-state index contributed by atoms with van der Waals surface area (Å²) in [5.74, 6) is -0.448. The highest BCUT2D eigenvalue weighted by atomic mass is 32.2. The van der Waals surface area contributed by atoms with Crippen LogP contribution in [-0.4, -0.2) is 37.6 Å². The minimum atomic E-state index is -3.69. The second kappa shape index (κ2) is 8.55. The van der Waals surface area contributed by atoms with E-state index in [9.17, 15) is 18.0 Å². The molecule has 2 heterocycles. The minimum Gasteiger partial charge on any atom is -0.459 e. The van der Waals surface area contributed by atoms with Crippen molar-refractivity contribution in [3.8, 4) is 0 Å². The van der Waals surface area contributed by atoms with E-state index in [1.807, 2.05) is 12.1 Å². The second-order valence-corrected chi connectivity index (χ2v) is 8.11. The van der Waals surface area contributed by atoms with Crippen LogP contribution in [0, 0.1) is 5.92 Å². The zero-order chi connectivity index (χ0) is 20.1. The van der Waals surface area contributed by atoms with Gasteiger partial charge in [0.25, 0.3) is 16.1 Å². The number of carbonyl (C=O) groups excluding carboxylic acids is 2. The number of carbonyl (C=O) groups is 2. The summed E-state index contributed by atoms with van der Waals surface area (Å²) in [5, 5.41) is 10.7. The highest BCUT2D eigenvalue weighted by Gasteiger charge is 2.29. The summed E-state index contributed by atoms with van der Waals surface area (Å²) in [6.07, 6.45) is 2.32. The molecule has 1 aromatic carbocycles. The second-order valence-electron chi connectivity index (χ2n) is 6.56. The Labute approximate surface area is 163 Å². The quantitative estimate of drug-likeness (QED) is 0.659. The van der Waals surface area contributed by atoms with Gasteiger partial charge in [-0.1, -0.05) is 12.1 Å². The van der Waals surface area contributed by atoms with Crippen molar-refractivity contribution in [1.29, 1.82) is 0 Å². The summed E-state index contributed by atoms with van der Waals surface area (Å²) in [5.41, 5.74) is 1.50. The van der Waals surface area contributed by atoms with Crippen molar-refractivity contribution < 1.29 is 22.4 Å². The molecule has 0 radical (unpaired) electrons. The van der Waals surface area contributed by atoms with Crippen molar-refractivity contribution in [2.75, 3.05) is 18.4 Å². The van der Waals surface area contributed by atoms with Crippen molar-refractivity contribution in [2.45, 2.75) is 19.4 Å². The Bertz CT molecular complexity index is 917. The lowest BCUT2D eigenvalue weighted by molar-refractivity contribution is -0.126. The number of nitrogens with zero attached hydrogens (tertiary/aromatic N) is 1. The summed E-state index contributed by atoms with van der Waals surface area (Å²) in [4.78, 5) is 24.2. The number of hydrogen-bond acceptors (Lipinski definition) is 5. The van der Waals surface area contributed by atoms with Crippen LogP contribution in [0.4, 0.5) is 5.69 Å². The number of rotatable bonds is 6. The Morgan fingerprint density at radius 2 is 1.82 bits per heavy atom. The van der Waals surface area contributed by atoms with E-state index in [1.54, 1.807) is 24.3 Å². The number of anilines is 1. The van der Waals surface area contributed by atoms with Gasteiger partial charge in [0.05, 0.1) is 6.26 Å². The molecule has 0 bridgehead atoms. The lowest BCUT2D eigenvalue weighted by Crippen LogP contribution is -2.45. The first-order valence-electron chi connectivity index (χ1n) is 8.82. The maximum absolute atomic E-state index is 12.3. The number of hydrogen-bond donors (Lipinski definition) is 3. The summed E-state index contributed by atoms with van der Waals surface area (Å²) < 4.78 is 28.8. The van der Waals surface area contributed by atoms with Gasteiger partial charge in [0.15, 0.2) is 5.76 Å². The van der Waals surface area contributed by atoms with Crippen molar-refractivity contribution >= 4 is 27.7 Å². The van der Waals surface area contributed by atoms with Crippen LogP contribution in [0.2, 0.25) is 0 Å². The van der Waals surface area contributed by atoms with Gasteiger partial charge >= 0.3 is 0 Å². The molecule has 2 amide bonds. The minimum absolute atomic E-state index is 0.107. The fourth-order valence-electron chi connectivity index (χ4n) is 3.01. The zero-order valence-corrected chi connectivity index (χ0v) is 15.9. The number of benzene rings is 1. The van der Waals surface area contributed by atoms with Gasteiger partial charge in [0.1, 0.15) is 0 Å². The third-order valence-electron chi connectivity index (χ3n) is 4.61. The summed E-state index contributed by atoms with van der Waals surface area (Å²) in [6.45, 7) is 0.850. The largest absolute Gasteiger partial charge is 0.459 e. The molecule has 0 saturated carbocycles. The molecule has 0 unspecified atom stereocenters. The maximum atomic E-state index is 12.3. The van der Waals surface area contributed by atoms with Crippen LogP contribution in [-0.2, 0) is 21.5 Å². The number of piperidine rings is 1. The van der Waals surface area contributed by atoms with E-state index < -0.39 is 10.2 Å². The molecule has 1 aliphatic heterocycles. The van der Waals surface area contributed by atoms with Crippen molar-refractivity contribution in [1.82, 2.24) is 9.62 Å². The Morgan fingerprint density at radius 1 is 1.14 bits per heavy atom. The van der Waals surface area contributed by atoms with Crippen molar-refractivity contribution in [3.05, 3.63) is 54.0 Å². The third kappa shape index (κ3) is 5.18. The average Bonchev–Trinajstić information content (AvgIpc) is 3.21. The molecule has 4 N–H and O–H groups in total. The molecule has 9 nitrogen and oxygen atoms in total. The standard InChI is InChI=1S/C18H22N4O5S/c19-28(25,26)22-9-7-14(8-10-22)17(23)20-12-13-3-5-15(6-4-13)21-18(24)16-2-1-11-27-16/h1-6,11,14H,7-10,12H2,(H,20,23)(H,21,24)(H2,19,25,26). The average molecular weight is 406 g/mol. The van der Waals surface area contributed by atoms with Gasteiger partial charge in [-0.15, -0.1) is 0 Å². The molecule has 0 spiro atoms. The van der Waals surface area contributed by atoms with E-state index in [4.69, 9.17) is 9.56 Å². The SMILES string of the molecule is NS(=O)(=O)N1CCC(C(=O)NCc2ccc(NC(=O)c3ccco3)cc2)CC1. The van der Waals surface area contributed by atoms with E-state index in [2.05, 4.69) is 10.6 Å². The van der Waals surface area contributed by atoms with Gasteiger partial charge in [-0.3, -0.25) is 9.59 Å². The van der Waals surface area contributed by atoms with Gasteiger partial charge in [-0.05, 0) is 42.7 Å². The zero-order valence-electron chi connectivity index (χ0n) is 15.1. The summed E-state index contributed by atoms with van der Waals surface area (Å²) in [6, 6.07) is 10.3. The monoisotopic (exact) mass is 406 g/mol. The molecular formula is C18H22N4O5S. The van der Waals surface area contributed by atoms with Gasteiger partial charge in [0.2, 0.25) is 5.91 Å². The van der Waals surface area contributed by atoms with Crippen molar-refractivity contribution in [3.63, 3.8) is 0 Å². The molecule has 1 fully saturated rings. The van der Waals surface area contributed by atoms with Gasteiger partial charge in [-0.25, -0.2) is 5.14 Å². The fraction of sp³-hybridized carbons (Fsp3) is 0.333. The summed E-state index contributed by atoms with van der Waals surface area (Å²) in [7, 11) is -3.69. The Hall–Kier alpha value is -2.69. The molecule has 3 rings (SSSR count). The van der Waals surface area contributed by atoms with E-state index in [0.717, 1.165) is 5.56 Å². The van der Waals surface area contributed by atoms with Gasteiger partial charge < -0.3 is 15.1 Å². The van der Waals surface area contributed by atoms with E-state index >= 15 is 0 Å². The highest BCUT2D eigenvalue weighted by molar-refractivity contribution is 7.86. The van der Waals surface area contributed by atoms with Crippen molar-refractivity contribution in [2.24, 2.45) is 11.1 Å². The molecule has 1 aliphatic rings. The van der Waals surface area contributed by atoms with Crippen LogP contribution in [0.1, 0.15) is 29.0 Å². The lowest BCUT2D eigenvalue weighted by atomic mass is 9.97. The molecule has 28 heavy (non-hydrogen) atoms. The maximum Gasteiger partial charge on any atom is 0.291 e. The fourth-order valence-corrected chi connectivity index (χ4v) is 3.73. The molecule has 150 valence electrons. The highest BCUT2D eigenvalue weighted by Crippen LogP contribution is 2.19. The summed E-state index contributed by atoms with van der Waals surface area (Å²) >= 11 is 0. The van der Waals surface area contributed by atoms with Crippen LogP contribution in [0.5, 0.6) is 0 Å². The molecule has 10 heteroatoms. The topological polar surface area (TPSA) is 135 Å². The van der Waals surface area contributed by atoms with Crippen LogP contribution < -0.4 is 15.8 Å². The van der Waals surface area contributed by atoms with Gasteiger partial charge in [-0.2, -0.15) is 12.7 Å². The first-order chi connectivity index (χ1) is 13.3. The third-order valence-corrected chi connectivity index (χ3v) is 5.69. The number of nitrogens with two attached hydrogens (primary N) is 1. The molecule has 0 aliphatic carbocycles. The Balaban J connectivity index is 1.46. The van der Waals surface area contributed by atoms with Crippen LogP contribution in [0.3, 0.4) is 0 Å². The van der Waals surface area contributed by atoms with Crippen LogP contribution >= 0.6 is 0 Å². The Morgan fingerprint density at radius 3 is 2.39 bits per heavy atom. The molecule has 1 saturated heterocycles. The van der Waals surface area contributed by atoms with Gasteiger partial charge in [0, 0.05) is 31.2 Å². The normalized spacial score (nSPS) is 15.9. The van der Waals surface area contributed by atoms with E-state index in [-0.39, 0.29) is 36.6 Å². The van der Waals surface area contributed by atoms with E-state index in [0.29, 0.717) is 25.1 Å².